The van der Waals surface area contributed by atoms with E-state index in [0.29, 0.717) is 31.8 Å². The number of carbonyl (C=O) groups excluding carboxylic acids is 1. The number of fused-ring (bicyclic) bond motifs is 1. The molecule has 2 aromatic rings. The molecule has 2 aromatic heterocycles. The Morgan fingerprint density at radius 3 is 2.66 bits per heavy atom. The minimum Gasteiger partial charge on any atom is -0.341 e. The molecule has 29 heavy (non-hydrogen) atoms. The molecule has 0 unspecified atom stereocenters. The molecule has 0 aliphatic carbocycles. The van der Waals surface area contributed by atoms with E-state index in [4.69, 9.17) is 11.6 Å². The maximum atomic E-state index is 13.1. The van der Waals surface area contributed by atoms with Crippen LogP contribution >= 0.6 is 11.6 Å². The molecule has 1 fully saturated rings. The van der Waals surface area contributed by atoms with Crippen molar-refractivity contribution in [1.29, 1.82) is 0 Å². The van der Waals surface area contributed by atoms with Gasteiger partial charge in [0, 0.05) is 25.7 Å². The second-order valence-corrected chi connectivity index (χ2v) is 7.73. The van der Waals surface area contributed by atoms with Crippen LogP contribution < -0.4 is 5.69 Å². The van der Waals surface area contributed by atoms with Gasteiger partial charge in [0.05, 0.1) is 22.8 Å². The minimum atomic E-state index is -4.62. The van der Waals surface area contributed by atoms with Crippen LogP contribution in [0.2, 0.25) is 5.02 Å². The molecule has 156 valence electrons. The van der Waals surface area contributed by atoms with Gasteiger partial charge in [-0.3, -0.25) is 14.3 Å². The second-order valence-electron chi connectivity index (χ2n) is 7.32. The number of pyridine rings is 1. The van der Waals surface area contributed by atoms with Gasteiger partial charge in [0.2, 0.25) is 5.91 Å². The number of hydrogen-bond acceptors (Lipinski definition) is 4. The summed E-state index contributed by atoms with van der Waals surface area (Å²) in [6.45, 7) is 1.13. The molecule has 0 N–H and O–H groups in total. The normalized spacial score (nSPS) is 19.4. The first kappa shape index (κ1) is 19.9. The summed E-state index contributed by atoms with van der Waals surface area (Å²) in [7, 11) is 0. The Bertz CT molecular complexity index is 994. The van der Waals surface area contributed by atoms with Gasteiger partial charge in [0.25, 0.3) is 0 Å². The quantitative estimate of drug-likeness (QED) is 0.752. The Morgan fingerprint density at radius 2 is 1.97 bits per heavy atom. The van der Waals surface area contributed by atoms with Gasteiger partial charge in [-0.15, -0.1) is 0 Å². The zero-order valence-corrected chi connectivity index (χ0v) is 16.2. The molecule has 0 aromatic carbocycles. The summed E-state index contributed by atoms with van der Waals surface area (Å²) in [6.07, 6.45) is -0.00923. The summed E-state index contributed by atoms with van der Waals surface area (Å²) in [6, 6.07) is 0.210. The van der Waals surface area contributed by atoms with Crippen LogP contribution in [0.5, 0.6) is 0 Å². The van der Waals surface area contributed by atoms with Crippen LogP contribution in [-0.4, -0.2) is 43.2 Å². The number of hydrogen-bond donors (Lipinski definition) is 0. The number of carbonyl (C=O) groups is 1. The van der Waals surface area contributed by atoms with Gasteiger partial charge >= 0.3 is 11.9 Å². The smallest absolute Gasteiger partial charge is 0.341 e. The van der Waals surface area contributed by atoms with E-state index in [-0.39, 0.29) is 18.1 Å². The zero-order chi connectivity index (χ0) is 20.8. The lowest BCUT2D eigenvalue weighted by Gasteiger charge is -2.27. The van der Waals surface area contributed by atoms with Gasteiger partial charge < -0.3 is 4.90 Å². The molecule has 1 atom stereocenters. The van der Waals surface area contributed by atoms with E-state index < -0.39 is 28.5 Å². The fourth-order valence-corrected chi connectivity index (χ4v) is 4.17. The highest BCUT2D eigenvalue weighted by atomic mass is 35.5. The Kier molecular flexibility index (Phi) is 5.14. The molecule has 1 saturated heterocycles. The van der Waals surface area contributed by atoms with Crippen LogP contribution in [0.25, 0.3) is 0 Å². The van der Waals surface area contributed by atoms with Crippen molar-refractivity contribution in [3.05, 3.63) is 44.9 Å². The van der Waals surface area contributed by atoms with Crippen molar-refractivity contribution in [2.24, 2.45) is 0 Å². The molecular weight excluding hydrogens is 411 g/mol. The first-order valence-corrected chi connectivity index (χ1v) is 9.82. The summed E-state index contributed by atoms with van der Waals surface area (Å²) < 4.78 is 41.7. The number of nitrogens with zero attached hydrogens (tertiary/aromatic N) is 5. The number of amides is 1. The lowest BCUT2D eigenvalue weighted by atomic mass is 10.0. The third-order valence-corrected chi connectivity index (χ3v) is 5.66. The molecular formula is C18H19ClF3N5O2. The average molecular weight is 430 g/mol. The molecule has 4 rings (SSSR count). The minimum absolute atomic E-state index is 0.0155. The molecule has 7 nitrogen and oxygen atoms in total. The molecule has 11 heteroatoms. The predicted molar refractivity (Wildman–Crippen MR) is 97.6 cm³/mol. The van der Waals surface area contributed by atoms with Gasteiger partial charge in [-0.05, 0) is 31.7 Å². The number of halogens is 4. The predicted octanol–water partition coefficient (Wildman–Crippen LogP) is 2.66. The second kappa shape index (κ2) is 7.47. The summed E-state index contributed by atoms with van der Waals surface area (Å²) in [5.41, 5.74) is -1.51. The van der Waals surface area contributed by atoms with E-state index in [0.717, 1.165) is 36.2 Å². The van der Waals surface area contributed by atoms with Crippen molar-refractivity contribution in [1.82, 2.24) is 24.2 Å². The fraction of sp³-hybridized carbons (Fsp3) is 0.556. The molecule has 0 radical (unpaired) electrons. The van der Waals surface area contributed by atoms with Crippen molar-refractivity contribution in [3.63, 3.8) is 0 Å². The molecule has 2 aliphatic rings. The fourth-order valence-electron chi connectivity index (χ4n) is 3.96. The van der Waals surface area contributed by atoms with E-state index >= 15 is 0 Å². The third kappa shape index (κ3) is 3.77. The van der Waals surface area contributed by atoms with Crippen molar-refractivity contribution in [3.8, 4) is 0 Å². The molecule has 4 heterocycles. The largest absolute Gasteiger partial charge is 0.417 e. The standard InChI is InChI=1S/C18H19ClF3N5O2/c19-13-9-23-11(8-12(13)18(20,21)22)10-26-17(29)27-14(4-3-5-15(27)24-26)16(28)25-6-1-2-7-25/h8-9,14H,1-7,10H2/t14-/m1/s1. The lowest BCUT2D eigenvalue weighted by Crippen LogP contribution is -2.41. The lowest BCUT2D eigenvalue weighted by molar-refractivity contribution is -0.137. The molecule has 0 spiro atoms. The highest BCUT2D eigenvalue weighted by Gasteiger charge is 2.35. The monoisotopic (exact) mass is 429 g/mol. The van der Waals surface area contributed by atoms with Gasteiger partial charge in [0.1, 0.15) is 11.9 Å². The van der Waals surface area contributed by atoms with Crippen LogP contribution in [0.4, 0.5) is 13.2 Å². The van der Waals surface area contributed by atoms with Crippen molar-refractivity contribution >= 4 is 17.5 Å². The summed E-state index contributed by atoms with van der Waals surface area (Å²) in [5, 5.41) is 3.76. The van der Waals surface area contributed by atoms with Gasteiger partial charge in [-0.2, -0.15) is 18.3 Å². The van der Waals surface area contributed by atoms with Crippen molar-refractivity contribution < 1.29 is 18.0 Å². The first-order chi connectivity index (χ1) is 13.8. The first-order valence-electron chi connectivity index (χ1n) is 9.44. The van der Waals surface area contributed by atoms with Gasteiger partial charge in [0.15, 0.2) is 0 Å². The van der Waals surface area contributed by atoms with Crippen LogP contribution in [0.3, 0.4) is 0 Å². The van der Waals surface area contributed by atoms with Gasteiger partial charge in [-0.1, -0.05) is 11.6 Å². The Labute approximate surface area is 169 Å². The highest BCUT2D eigenvalue weighted by molar-refractivity contribution is 6.31. The number of aryl methyl sites for hydroxylation is 1. The maximum Gasteiger partial charge on any atom is 0.417 e. The van der Waals surface area contributed by atoms with Crippen molar-refractivity contribution in [2.75, 3.05) is 13.1 Å². The van der Waals surface area contributed by atoms with Gasteiger partial charge in [-0.25, -0.2) is 9.48 Å². The van der Waals surface area contributed by atoms with E-state index in [1.165, 1.54) is 4.57 Å². The number of aromatic nitrogens is 4. The Hall–Kier alpha value is -2.36. The Balaban J connectivity index is 1.64. The summed E-state index contributed by atoms with van der Waals surface area (Å²) in [5.74, 6) is 0.387. The zero-order valence-electron chi connectivity index (χ0n) is 15.5. The molecule has 2 aliphatic heterocycles. The summed E-state index contributed by atoms with van der Waals surface area (Å²) >= 11 is 5.60. The number of likely N-dealkylation sites (tertiary alicyclic amines) is 1. The van der Waals surface area contributed by atoms with E-state index in [1.54, 1.807) is 4.90 Å². The van der Waals surface area contributed by atoms with Crippen molar-refractivity contribution in [2.45, 2.75) is 50.9 Å². The topological polar surface area (TPSA) is 73.0 Å². The van der Waals surface area contributed by atoms with Crippen LogP contribution in [-0.2, 0) is 23.9 Å². The SMILES string of the molecule is O=C([C@H]1CCCc2nn(Cc3cc(C(F)(F)F)c(Cl)cn3)c(=O)n21)N1CCCC1. The average Bonchev–Trinajstić information content (AvgIpc) is 3.31. The van der Waals surface area contributed by atoms with Crippen LogP contribution in [0, 0.1) is 0 Å². The Morgan fingerprint density at radius 1 is 1.24 bits per heavy atom. The number of alkyl halides is 3. The number of rotatable bonds is 3. The van der Waals surface area contributed by atoms with E-state index in [2.05, 4.69) is 10.1 Å². The van der Waals surface area contributed by atoms with E-state index in [9.17, 15) is 22.8 Å². The molecule has 0 saturated carbocycles. The van der Waals surface area contributed by atoms with Crippen LogP contribution in [0.1, 0.15) is 48.8 Å². The molecule has 1 amide bonds. The van der Waals surface area contributed by atoms with E-state index in [1.807, 2.05) is 0 Å². The molecule has 0 bridgehead atoms. The maximum absolute atomic E-state index is 13.1. The van der Waals surface area contributed by atoms with Crippen LogP contribution in [0.15, 0.2) is 17.1 Å². The third-order valence-electron chi connectivity index (χ3n) is 5.36. The highest BCUT2D eigenvalue weighted by Crippen LogP contribution is 2.34. The summed E-state index contributed by atoms with van der Waals surface area (Å²) in [4.78, 5) is 31.4.